The molecule has 0 saturated heterocycles. The highest BCUT2D eigenvalue weighted by atomic mass is 127. The average molecular weight is 543 g/mol. The predicted molar refractivity (Wildman–Crippen MR) is 138 cm³/mol. The van der Waals surface area contributed by atoms with Crippen molar-refractivity contribution in [2.45, 2.75) is 71.9 Å². The average Bonchev–Trinajstić information content (AvgIpc) is 2.70. The van der Waals surface area contributed by atoms with E-state index < -0.39 is 0 Å². The van der Waals surface area contributed by atoms with Crippen LogP contribution in [0.1, 0.15) is 65.4 Å². The Morgan fingerprint density at radius 2 is 1.81 bits per heavy atom. The lowest BCUT2D eigenvalue weighted by Gasteiger charge is -2.21. The molecule has 1 fully saturated rings. The lowest BCUT2D eigenvalue weighted by molar-refractivity contribution is -0.121. The second-order valence-corrected chi connectivity index (χ2v) is 8.87. The molecule has 7 nitrogen and oxygen atoms in total. The van der Waals surface area contributed by atoms with Crippen molar-refractivity contribution >= 4 is 47.4 Å². The quantitative estimate of drug-likeness (QED) is 0.239. The molecular formula is C23H38IN5O2. The minimum atomic E-state index is -0.267. The van der Waals surface area contributed by atoms with Crippen LogP contribution in [0.25, 0.3) is 0 Å². The van der Waals surface area contributed by atoms with Crippen molar-refractivity contribution in [3.05, 3.63) is 29.8 Å². The highest BCUT2D eigenvalue weighted by Crippen LogP contribution is 2.25. The molecule has 1 aromatic rings. The molecule has 2 amide bonds. The molecule has 0 heterocycles. The highest BCUT2D eigenvalue weighted by Gasteiger charge is 2.21. The molecule has 0 unspecified atom stereocenters. The van der Waals surface area contributed by atoms with Gasteiger partial charge in [-0.2, -0.15) is 0 Å². The Kier molecular flexibility index (Phi) is 11.9. The number of benzene rings is 1. The molecule has 1 aliphatic rings. The van der Waals surface area contributed by atoms with Crippen LogP contribution in [0.5, 0.6) is 0 Å². The fourth-order valence-corrected chi connectivity index (χ4v) is 3.50. The summed E-state index contributed by atoms with van der Waals surface area (Å²) in [7, 11) is 0. The van der Waals surface area contributed by atoms with Gasteiger partial charge in [-0.25, -0.2) is 4.99 Å². The number of aliphatic imine (C=N–C) groups is 1. The van der Waals surface area contributed by atoms with Gasteiger partial charge >= 0.3 is 0 Å². The third-order valence-electron chi connectivity index (χ3n) is 4.87. The van der Waals surface area contributed by atoms with Gasteiger partial charge in [-0.1, -0.05) is 31.4 Å². The van der Waals surface area contributed by atoms with Crippen molar-refractivity contribution in [1.82, 2.24) is 16.0 Å². The van der Waals surface area contributed by atoms with E-state index in [1.165, 1.54) is 6.42 Å². The first-order valence-electron chi connectivity index (χ1n) is 11.0. The van der Waals surface area contributed by atoms with Crippen LogP contribution in [-0.4, -0.2) is 36.4 Å². The van der Waals surface area contributed by atoms with Gasteiger partial charge in [0.05, 0.1) is 13.1 Å². The number of nitrogens with zero attached hydrogens (tertiary/aromatic N) is 1. The molecule has 0 atom stereocenters. The molecule has 4 N–H and O–H groups in total. The van der Waals surface area contributed by atoms with Crippen molar-refractivity contribution in [3.63, 3.8) is 0 Å². The van der Waals surface area contributed by atoms with E-state index in [1.54, 1.807) is 0 Å². The Hall–Kier alpha value is -1.84. The van der Waals surface area contributed by atoms with Crippen LogP contribution in [0, 0.1) is 5.92 Å². The van der Waals surface area contributed by atoms with E-state index in [2.05, 4.69) is 26.3 Å². The van der Waals surface area contributed by atoms with Crippen LogP contribution >= 0.6 is 24.0 Å². The van der Waals surface area contributed by atoms with Crippen LogP contribution in [0.15, 0.2) is 29.3 Å². The summed E-state index contributed by atoms with van der Waals surface area (Å²) in [4.78, 5) is 29.1. The number of rotatable bonds is 7. The van der Waals surface area contributed by atoms with E-state index in [0.717, 1.165) is 36.9 Å². The van der Waals surface area contributed by atoms with Gasteiger partial charge in [0.2, 0.25) is 11.8 Å². The number of nitrogens with one attached hydrogen (secondary N) is 4. The summed E-state index contributed by atoms with van der Waals surface area (Å²) in [6.45, 7) is 9.13. The zero-order chi connectivity index (χ0) is 22.0. The zero-order valence-corrected chi connectivity index (χ0v) is 21.5. The van der Waals surface area contributed by atoms with E-state index in [1.807, 2.05) is 52.0 Å². The molecule has 174 valence electrons. The zero-order valence-electron chi connectivity index (χ0n) is 19.2. The maximum atomic E-state index is 12.5. The fraction of sp³-hybridized carbons (Fsp3) is 0.609. The van der Waals surface area contributed by atoms with Crippen molar-refractivity contribution in [2.75, 3.05) is 18.4 Å². The first kappa shape index (κ1) is 27.2. The normalized spacial score (nSPS) is 14.9. The Bertz CT molecular complexity index is 740. The highest BCUT2D eigenvalue weighted by molar-refractivity contribution is 14.0. The molecule has 2 rings (SSSR count). The van der Waals surface area contributed by atoms with Crippen LogP contribution < -0.4 is 21.3 Å². The van der Waals surface area contributed by atoms with Gasteiger partial charge in [0.25, 0.3) is 0 Å². The SMILES string of the molecule is CCNC(=NCc1cccc(NC(=O)C2CCCCC2)c1)NCC(=O)NC(C)(C)C.I. The van der Waals surface area contributed by atoms with Gasteiger partial charge < -0.3 is 21.3 Å². The van der Waals surface area contributed by atoms with Crippen LogP contribution in [0.2, 0.25) is 0 Å². The van der Waals surface area contributed by atoms with Crippen LogP contribution in [0.3, 0.4) is 0 Å². The van der Waals surface area contributed by atoms with E-state index in [4.69, 9.17) is 0 Å². The second-order valence-electron chi connectivity index (χ2n) is 8.87. The standard InChI is InChI=1S/C23H37N5O2.HI/c1-5-24-22(26-16-20(29)28-23(2,3)4)25-15-17-10-9-13-19(14-17)27-21(30)18-11-7-6-8-12-18;/h9-10,13-14,18H,5-8,11-12,15-16H2,1-4H3,(H,27,30)(H,28,29)(H2,24,25,26);1H. The summed E-state index contributed by atoms with van der Waals surface area (Å²) in [5.41, 5.74) is 1.53. The summed E-state index contributed by atoms with van der Waals surface area (Å²) in [5.74, 6) is 0.748. The predicted octanol–water partition coefficient (Wildman–Crippen LogP) is 3.79. The molecule has 31 heavy (non-hydrogen) atoms. The second kappa shape index (κ2) is 13.5. The summed E-state index contributed by atoms with van der Waals surface area (Å²) in [6, 6.07) is 7.78. The molecule has 0 bridgehead atoms. The van der Waals surface area contributed by atoms with Crippen LogP contribution in [0.4, 0.5) is 5.69 Å². The lowest BCUT2D eigenvalue weighted by Crippen LogP contribution is -2.48. The first-order valence-corrected chi connectivity index (χ1v) is 11.0. The van der Waals surface area contributed by atoms with Crippen LogP contribution in [-0.2, 0) is 16.1 Å². The smallest absolute Gasteiger partial charge is 0.239 e. The first-order chi connectivity index (χ1) is 14.3. The number of guanidine groups is 1. The van der Waals surface area contributed by atoms with Gasteiger partial charge in [-0.3, -0.25) is 9.59 Å². The number of halogens is 1. The molecule has 8 heteroatoms. The van der Waals surface area contributed by atoms with Crippen molar-refractivity contribution in [1.29, 1.82) is 0 Å². The molecule has 1 aromatic carbocycles. The number of carbonyl (C=O) groups excluding carboxylic acids is 2. The molecule has 1 aliphatic carbocycles. The van der Waals surface area contributed by atoms with Gasteiger partial charge in [0.1, 0.15) is 0 Å². The van der Waals surface area contributed by atoms with Gasteiger partial charge in [0, 0.05) is 23.7 Å². The number of hydrogen-bond donors (Lipinski definition) is 4. The number of hydrogen-bond acceptors (Lipinski definition) is 3. The Morgan fingerprint density at radius 3 is 2.45 bits per heavy atom. The van der Waals surface area contributed by atoms with Crippen molar-refractivity contribution in [3.8, 4) is 0 Å². The molecule has 0 aliphatic heterocycles. The summed E-state index contributed by atoms with van der Waals surface area (Å²) < 4.78 is 0. The minimum absolute atomic E-state index is 0. The van der Waals surface area contributed by atoms with E-state index >= 15 is 0 Å². The molecule has 1 saturated carbocycles. The third-order valence-corrected chi connectivity index (χ3v) is 4.87. The Morgan fingerprint density at radius 1 is 1.10 bits per heavy atom. The van der Waals surface area contributed by atoms with Crippen molar-refractivity contribution < 1.29 is 9.59 Å². The minimum Gasteiger partial charge on any atom is -0.357 e. The Balaban J connectivity index is 0.00000480. The lowest BCUT2D eigenvalue weighted by atomic mass is 9.88. The Labute approximate surface area is 203 Å². The number of anilines is 1. The summed E-state index contributed by atoms with van der Waals surface area (Å²) >= 11 is 0. The molecule has 0 radical (unpaired) electrons. The largest absolute Gasteiger partial charge is 0.357 e. The molecular weight excluding hydrogens is 505 g/mol. The maximum Gasteiger partial charge on any atom is 0.239 e. The third kappa shape index (κ3) is 10.8. The monoisotopic (exact) mass is 543 g/mol. The van der Waals surface area contributed by atoms with E-state index in [0.29, 0.717) is 19.0 Å². The maximum absolute atomic E-state index is 12.5. The number of amides is 2. The molecule has 0 spiro atoms. The summed E-state index contributed by atoms with van der Waals surface area (Å²) in [5, 5.41) is 12.2. The van der Waals surface area contributed by atoms with E-state index in [9.17, 15) is 9.59 Å². The topological polar surface area (TPSA) is 94.6 Å². The van der Waals surface area contributed by atoms with Crippen molar-refractivity contribution in [2.24, 2.45) is 10.9 Å². The van der Waals surface area contributed by atoms with E-state index in [-0.39, 0.29) is 53.8 Å². The number of carbonyl (C=O) groups is 2. The fourth-order valence-electron chi connectivity index (χ4n) is 3.50. The van der Waals surface area contributed by atoms with Gasteiger partial charge in [-0.05, 0) is 58.2 Å². The van der Waals surface area contributed by atoms with Gasteiger partial charge in [0.15, 0.2) is 5.96 Å². The molecule has 0 aromatic heterocycles. The summed E-state index contributed by atoms with van der Waals surface area (Å²) in [6.07, 6.45) is 5.48. The van der Waals surface area contributed by atoms with Gasteiger partial charge in [-0.15, -0.1) is 24.0 Å².